The molecule has 0 aliphatic rings. The summed E-state index contributed by atoms with van der Waals surface area (Å²) in [6.07, 6.45) is 0. The van der Waals surface area contributed by atoms with Crippen LogP contribution >= 0.6 is 23.2 Å². The Balaban J connectivity index is 2.56. The van der Waals surface area contributed by atoms with Gasteiger partial charge in [0.2, 0.25) is 0 Å². The van der Waals surface area contributed by atoms with Crippen molar-refractivity contribution in [2.75, 3.05) is 0 Å². The lowest BCUT2D eigenvalue weighted by Crippen LogP contribution is -1.87. The SMILES string of the molecule is N#C/C(=C(\Cl)c1ccc(F)c(Cl)c1)c1ccccc1. The van der Waals surface area contributed by atoms with Gasteiger partial charge in [-0.2, -0.15) is 5.26 Å². The number of hydrogen-bond acceptors (Lipinski definition) is 1. The number of hydrogen-bond donors (Lipinski definition) is 0. The van der Waals surface area contributed by atoms with E-state index in [1.165, 1.54) is 18.2 Å². The van der Waals surface area contributed by atoms with Gasteiger partial charge in [-0.05, 0) is 23.3 Å². The zero-order valence-electron chi connectivity index (χ0n) is 9.70. The third-order valence-electron chi connectivity index (χ3n) is 2.57. The molecule has 0 aromatic heterocycles. The van der Waals surface area contributed by atoms with Crippen molar-refractivity contribution in [2.45, 2.75) is 0 Å². The molecule has 0 unspecified atom stereocenters. The summed E-state index contributed by atoms with van der Waals surface area (Å²) in [5, 5.41) is 9.45. The number of nitriles is 1. The fraction of sp³-hybridized carbons (Fsp3) is 0. The van der Waals surface area contributed by atoms with Gasteiger partial charge in [-0.15, -0.1) is 0 Å². The van der Waals surface area contributed by atoms with Gasteiger partial charge >= 0.3 is 0 Å². The molecular weight excluding hydrogens is 284 g/mol. The molecule has 2 rings (SSSR count). The fourth-order valence-electron chi connectivity index (χ4n) is 1.62. The van der Waals surface area contributed by atoms with Crippen LogP contribution in [-0.4, -0.2) is 0 Å². The Morgan fingerprint density at radius 3 is 2.32 bits per heavy atom. The Morgan fingerprint density at radius 1 is 1.05 bits per heavy atom. The Kier molecular flexibility index (Phi) is 4.21. The smallest absolute Gasteiger partial charge is 0.141 e. The molecule has 0 bridgehead atoms. The predicted molar refractivity (Wildman–Crippen MR) is 76.1 cm³/mol. The van der Waals surface area contributed by atoms with Crippen molar-refractivity contribution >= 4 is 33.8 Å². The first-order chi connectivity index (χ1) is 9.13. The van der Waals surface area contributed by atoms with Crippen LogP contribution < -0.4 is 0 Å². The molecule has 2 aromatic carbocycles. The summed E-state index contributed by atoms with van der Waals surface area (Å²) in [6, 6.07) is 15.2. The second-order valence-electron chi connectivity index (χ2n) is 3.80. The number of benzene rings is 2. The normalized spacial score (nSPS) is 11.7. The first-order valence-electron chi connectivity index (χ1n) is 5.44. The summed E-state index contributed by atoms with van der Waals surface area (Å²) >= 11 is 11.9. The van der Waals surface area contributed by atoms with Crippen molar-refractivity contribution in [3.05, 3.63) is 70.5 Å². The highest BCUT2D eigenvalue weighted by molar-refractivity contribution is 6.53. The quantitative estimate of drug-likeness (QED) is 0.557. The Hall–Kier alpha value is -1.82. The second kappa shape index (κ2) is 5.88. The van der Waals surface area contributed by atoms with E-state index in [9.17, 15) is 9.65 Å². The molecule has 0 N–H and O–H groups in total. The molecule has 0 saturated carbocycles. The van der Waals surface area contributed by atoms with Crippen molar-refractivity contribution in [3.8, 4) is 6.07 Å². The third-order valence-corrected chi connectivity index (χ3v) is 3.26. The van der Waals surface area contributed by atoms with Crippen LogP contribution in [0, 0.1) is 17.1 Å². The highest BCUT2D eigenvalue weighted by Crippen LogP contribution is 2.31. The van der Waals surface area contributed by atoms with E-state index >= 15 is 0 Å². The van der Waals surface area contributed by atoms with Gasteiger partial charge in [0, 0.05) is 0 Å². The van der Waals surface area contributed by atoms with Crippen LogP contribution in [0.5, 0.6) is 0 Å². The first kappa shape index (κ1) is 13.6. The lowest BCUT2D eigenvalue weighted by Gasteiger charge is -2.05. The van der Waals surface area contributed by atoms with Gasteiger partial charge in [-0.3, -0.25) is 0 Å². The standard InChI is InChI=1S/C15H8Cl2FN/c16-13-8-11(6-7-14(13)18)15(17)12(9-19)10-4-2-1-3-5-10/h1-8H/b15-12+. The maximum absolute atomic E-state index is 13.1. The van der Waals surface area contributed by atoms with Crippen LogP contribution in [0.2, 0.25) is 5.02 Å². The van der Waals surface area contributed by atoms with Crippen molar-refractivity contribution in [2.24, 2.45) is 0 Å². The monoisotopic (exact) mass is 291 g/mol. The second-order valence-corrected chi connectivity index (χ2v) is 4.58. The third kappa shape index (κ3) is 2.96. The molecule has 0 saturated heterocycles. The summed E-state index contributed by atoms with van der Waals surface area (Å²) in [5.74, 6) is -0.520. The summed E-state index contributed by atoms with van der Waals surface area (Å²) in [4.78, 5) is 0. The van der Waals surface area contributed by atoms with Crippen LogP contribution in [-0.2, 0) is 0 Å². The molecule has 0 atom stereocenters. The van der Waals surface area contributed by atoms with Crippen LogP contribution in [0.4, 0.5) is 4.39 Å². The molecule has 19 heavy (non-hydrogen) atoms. The molecule has 2 aromatic rings. The van der Waals surface area contributed by atoms with Gasteiger partial charge in [-0.25, -0.2) is 4.39 Å². The molecule has 0 aliphatic heterocycles. The number of rotatable bonds is 2. The van der Waals surface area contributed by atoms with Gasteiger partial charge < -0.3 is 0 Å². The maximum Gasteiger partial charge on any atom is 0.141 e. The molecule has 0 amide bonds. The van der Waals surface area contributed by atoms with E-state index in [1.807, 2.05) is 18.2 Å². The average Bonchev–Trinajstić information content (AvgIpc) is 2.44. The number of nitrogens with zero attached hydrogens (tertiary/aromatic N) is 1. The average molecular weight is 292 g/mol. The van der Waals surface area contributed by atoms with Crippen molar-refractivity contribution in [3.63, 3.8) is 0 Å². The lowest BCUT2D eigenvalue weighted by molar-refractivity contribution is 0.628. The van der Waals surface area contributed by atoms with Gasteiger partial charge in [0.25, 0.3) is 0 Å². The van der Waals surface area contributed by atoms with E-state index in [0.29, 0.717) is 16.7 Å². The molecule has 0 radical (unpaired) electrons. The molecule has 0 aliphatic carbocycles. The Bertz CT molecular complexity index is 672. The van der Waals surface area contributed by atoms with Gasteiger partial charge in [0.1, 0.15) is 11.9 Å². The zero-order valence-corrected chi connectivity index (χ0v) is 11.2. The number of allylic oxidation sites excluding steroid dienone is 1. The molecule has 0 fully saturated rings. The molecule has 1 nitrogen and oxygen atoms in total. The minimum absolute atomic E-state index is 0.0269. The molecule has 94 valence electrons. The van der Waals surface area contributed by atoms with E-state index in [2.05, 4.69) is 6.07 Å². The Morgan fingerprint density at radius 2 is 1.74 bits per heavy atom. The van der Waals surface area contributed by atoms with Crippen LogP contribution in [0.15, 0.2) is 48.5 Å². The minimum Gasteiger partial charge on any atom is -0.205 e. The van der Waals surface area contributed by atoms with E-state index < -0.39 is 5.82 Å². The van der Waals surface area contributed by atoms with Gasteiger partial charge in [0.15, 0.2) is 0 Å². The van der Waals surface area contributed by atoms with Crippen LogP contribution in [0.1, 0.15) is 11.1 Å². The van der Waals surface area contributed by atoms with Gasteiger partial charge in [-0.1, -0.05) is 59.6 Å². The van der Waals surface area contributed by atoms with Gasteiger partial charge in [0.05, 0.1) is 15.6 Å². The predicted octanol–water partition coefficient (Wildman–Crippen LogP) is 5.11. The highest BCUT2D eigenvalue weighted by Gasteiger charge is 2.11. The molecular formula is C15H8Cl2FN. The topological polar surface area (TPSA) is 23.8 Å². The largest absolute Gasteiger partial charge is 0.205 e. The zero-order chi connectivity index (χ0) is 13.8. The fourth-order valence-corrected chi connectivity index (χ4v) is 2.07. The Labute approximate surface area is 120 Å². The highest BCUT2D eigenvalue weighted by atomic mass is 35.5. The summed E-state index contributed by atoms with van der Waals surface area (Å²) in [6.45, 7) is 0. The van der Waals surface area contributed by atoms with Crippen LogP contribution in [0.3, 0.4) is 0 Å². The van der Waals surface area contributed by atoms with E-state index in [-0.39, 0.29) is 10.1 Å². The van der Waals surface area contributed by atoms with Crippen LogP contribution in [0.25, 0.3) is 10.6 Å². The summed E-state index contributed by atoms with van der Waals surface area (Å²) in [7, 11) is 0. The van der Waals surface area contributed by atoms with Crippen molar-refractivity contribution < 1.29 is 4.39 Å². The first-order valence-corrected chi connectivity index (χ1v) is 6.20. The number of halogens is 3. The van der Waals surface area contributed by atoms with E-state index in [0.717, 1.165) is 0 Å². The maximum atomic E-state index is 13.1. The minimum atomic E-state index is -0.520. The van der Waals surface area contributed by atoms with Crippen molar-refractivity contribution in [1.29, 1.82) is 5.26 Å². The van der Waals surface area contributed by atoms with E-state index in [4.69, 9.17) is 23.2 Å². The van der Waals surface area contributed by atoms with E-state index in [1.54, 1.807) is 12.1 Å². The molecule has 4 heteroatoms. The summed E-state index contributed by atoms with van der Waals surface area (Å²) < 4.78 is 13.1. The lowest BCUT2D eigenvalue weighted by atomic mass is 10.0. The molecule has 0 heterocycles. The molecule has 0 spiro atoms. The van der Waals surface area contributed by atoms with Crippen molar-refractivity contribution in [1.82, 2.24) is 0 Å². The summed E-state index contributed by atoms with van der Waals surface area (Å²) in [5.41, 5.74) is 1.54.